The van der Waals surface area contributed by atoms with Crippen molar-refractivity contribution in [2.24, 2.45) is 5.73 Å². The SMILES string of the molecule is CCCC(=O)O[C@@H]1[C@H](OC(=O)CCC)[C@@H](CO)O[C@H]1c1nc(C(N)=O)c[se]1. The van der Waals surface area contributed by atoms with Crippen LogP contribution in [0.25, 0.3) is 0 Å². The van der Waals surface area contributed by atoms with Crippen LogP contribution in [0.3, 0.4) is 0 Å². The molecule has 1 aliphatic rings. The number of hydrogen-bond acceptors (Lipinski definition) is 8. The summed E-state index contributed by atoms with van der Waals surface area (Å²) in [5, 5.41) is 9.66. The molecule has 0 radical (unpaired) electrons. The number of hydrogen-bond donors (Lipinski definition) is 2. The molecule has 1 amide bonds. The normalized spacial score (nSPS) is 24.6. The summed E-state index contributed by atoms with van der Waals surface area (Å²) in [6, 6.07) is 0. The van der Waals surface area contributed by atoms with Crippen LogP contribution in [0.1, 0.15) is 60.7 Å². The third kappa shape index (κ3) is 5.38. The van der Waals surface area contributed by atoms with Gasteiger partial charge in [0, 0.05) is 0 Å². The Balaban J connectivity index is 2.30. The molecular weight excluding hydrogens is 423 g/mol. The van der Waals surface area contributed by atoms with E-state index in [1.807, 2.05) is 13.8 Å². The van der Waals surface area contributed by atoms with Crippen molar-refractivity contribution in [2.75, 3.05) is 6.61 Å². The van der Waals surface area contributed by atoms with Crippen LogP contribution < -0.4 is 5.73 Å². The average Bonchev–Trinajstić information content (AvgIpc) is 3.21. The molecule has 1 saturated heterocycles. The summed E-state index contributed by atoms with van der Waals surface area (Å²) >= 11 is -0.327. The molecule has 0 unspecified atom stereocenters. The predicted octanol–water partition coefficient (Wildman–Crippen LogP) is 0.0935. The van der Waals surface area contributed by atoms with E-state index in [0.29, 0.717) is 17.4 Å². The Morgan fingerprint density at radius 2 is 1.78 bits per heavy atom. The molecule has 2 rings (SSSR count). The minimum atomic E-state index is -0.948. The van der Waals surface area contributed by atoms with Crippen molar-refractivity contribution in [3.05, 3.63) is 15.2 Å². The number of rotatable bonds is 9. The van der Waals surface area contributed by atoms with Crippen molar-refractivity contribution in [1.29, 1.82) is 0 Å². The molecule has 1 aliphatic heterocycles. The molecule has 1 aromatic heterocycles. The first kappa shape index (κ1) is 21.6. The second kappa shape index (κ2) is 9.98. The van der Waals surface area contributed by atoms with E-state index in [1.165, 1.54) is 0 Å². The molecule has 0 aliphatic carbocycles. The molecule has 150 valence electrons. The zero-order chi connectivity index (χ0) is 20.0. The summed E-state index contributed by atoms with van der Waals surface area (Å²) in [7, 11) is 0. The van der Waals surface area contributed by atoms with Crippen molar-refractivity contribution in [2.45, 2.75) is 63.9 Å². The molecule has 1 fully saturated rings. The van der Waals surface area contributed by atoms with Crippen LogP contribution in [0.2, 0.25) is 0 Å². The first-order valence-corrected chi connectivity index (χ1v) is 10.7. The average molecular weight is 447 g/mol. The molecule has 3 N–H and O–H groups in total. The molecule has 0 saturated carbocycles. The second-order valence-electron chi connectivity index (χ2n) is 6.12. The first-order chi connectivity index (χ1) is 12.9. The molecule has 0 aromatic carbocycles. The van der Waals surface area contributed by atoms with E-state index in [-0.39, 0.29) is 33.0 Å². The summed E-state index contributed by atoms with van der Waals surface area (Å²) in [4.78, 5) is 41.2. The monoisotopic (exact) mass is 448 g/mol. The van der Waals surface area contributed by atoms with Crippen molar-refractivity contribution in [1.82, 2.24) is 4.98 Å². The van der Waals surface area contributed by atoms with Crippen molar-refractivity contribution in [3.63, 3.8) is 0 Å². The van der Waals surface area contributed by atoms with Gasteiger partial charge in [0.2, 0.25) is 0 Å². The summed E-state index contributed by atoms with van der Waals surface area (Å²) in [5.41, 5.74) is 5.38. The number of ether oxygens (including phenoxy) is 3. The molecule has 0 bridgehead atoms. The number of aliphatic hydroxyl groups is 1. The fourth-order valence-electron chi connectivity index (χ4n) is 2.71. The number of primary amides is 1. The predicted molar refractivity (Wildman–Crippen MR) is 94.0 cm³/mol. The van der Waals surface area contributed by atoms with E-state index < -0.39 is 48.9 Å². The van der Waals surface area contributed by atoms with Gasteiger partial charge in [-0.15, -0.1) is 0 Å². The van der Waals surface area contributed by atoms with E-state index in [2.05, 4.69) is 4.98 Å². The van der Waals surface area contributed by atoms with Crippen molar-refractivity contribution >= 4 is 32.3 Å². The maximum absolute atomic E-state index is 12.1. The number of carbonyl (C=O) groups is 3. The van der Waals surface area contributed by atoms with Crippen LogP contribution in [0.5, 0.6) is 0 Å². The van der Waals surface area contributed by atoms with Crippen LogP contribution in [0.15, 0.2) is 4.94 Å². The fourth-order valence-corrected chi connectivity index (χ4v) is 4.54. The molecule has 27 heavy (non-hydrogen) atoms. The quantitative estimate of drug-likeness (QED) is 0.401. The fraction of sp³-hybridized carbons (Fsp3) is 0.647. The van der Waals surface area contributed by atoms with Crippen LogP contribution >= 0.6 is 0 Å². The van der Waals surface area contributed by atoms with Gasteiger partial charge in [0.25, 0.3) is 0 Å². The van der Waals surface area contributed by atoms with E-state index in [1.54, 1.807) is 4.94 Å². The van der Waals surface area contributed by atoms with E-state index >= 15 is 0 Å². The van der Waals surface area contributed by atoms with Crippen LogP contribution in [0.4, 0.5) is 0 Å². The molecule has 9 nitrogen and oxygen atoms in total. The number of nitrogens with zero attached hydrogens (tertiary/aromatic N) is 1. The Labute approximate surface area is 162 Å². The number of esters is 2. The van der Waals surface area contributed by atoms with E-state index in [9.17, 15) is 19.5 Å². The zero-order valence-electron chi connectivity index (χ0n) is 15.3. The third-order valence-electron chi connectivity index (χ3n) is 3.95. The summed E-state index contributed by atoms with van der Waals surface area (Å²) in [6.45, 7) is 3.26. The van der Waals surface area contributed by atoms with Gasteiger partial charge in [-0.3, -0.25) is 0 Å². The number of aliphatic hydroxyl groups excluding tert-OH is 1. The first-order valence-electron chi connectivity index (χ1n) is 8.81. The Morgan fingerprint density at radius 1 is 1.19 bits per heavy atom. The van der Waals surface area contributed by atoms with Gasteiger partial charge in [0.1, 0.15) is 0 Å². The van der Waals surface area contributed by atoms with E-state index in [0.717, 1.165) is 0 Å². The van der Waals surface area contributed by atoms with Crippen LogP contribution in [-0.2, 0) is 23.8 Å². The van der Waals surface area contributed by atoms with Gasteiger partial charge in [-0.2, -0.15) is 0 Å². The standard InChI is InChI=1S/C17H24N2O7Se/c1-3-5-11(21)25-13-10(7-20)24-15(14(13)26-12(22)6-4-2)17-19-9(8-27-17)16(18)23/h8,10,13-15,20H,3-7H2,1-2H3,(H2,18,23)/t10-,13-,14-,15-/m1/s1. The van der Waals surface area contributed by atoms with Gasteiger partial charge in [0.05, 0.1) is 0 Å². The van der Waals surface area contributed by atoms with Crippen LogP contribution in [-0.4, -0.2) is 67.4 Å². The number of nitrogens with two attached hydrogens (primary N) is 1. The Kier molecular flexibility index (Phi) is 7.97. The third-order valence-corrected chi connectivity index (χ3v) is 5.85. The Hall–Kier alpha value is -1.74. The Morgan fingerprint density at radius 3 is 2.26 bits per heavy atom. The van der Waals surface area contributed by atoms with Gasteiger partial charge >= 0.3 is 163 Å². The van der Waals surface area contributed by atoms with Crippen molar-refractivity contribution < 1.29 is 33.7 Å². The topological polar surface area (TPSA) is 138 Å². The van der Waals surface area contributed by atoms with Gasteiger partial charge in [-0.25, -0.2) is 0 Å². The molecule has 2 heterocycles. The minimum absolute atomic E-state index is 0.124. The van der Waals surface area contributed by atoms with Gasteiger partial charge in [-0.05, 0) is 0 Å². The maximum atomic E-state index is 12.1. The van der Waals surface area contributed by atoms with Crippen LogP contribution in [0, 0.1) is 0 Å². The molecule has 0 spiro atoms. The van der Waals surface area contributed by atoms with Gasteiger partial charge in [-0.1, -0.05) is 0 Å². The summed E-state index contributed by atoms with van der Waals surface area (Å²) in [6.07, 6.45) is -1.96. The summed E-state index contributed by atoms with van der Waals surface area (Å²) < 4.78 is 17.3. The van der Waals surface area contributed by atoms with E-state index in [4.69, 9.17) is 19.9 Å². The summed E-state index contributed by atoms with van der Waals surface area (Å²) in [5.74, 6) is -1.58. The van der Waals surface area contributed by atoms with Crippen molar-refractivity contribution in [3.8, 4) is 0 Å². The zero-order valence-corrected chi connectivity index (χ0v) is 17.0. The van der Waals surface area contributed by atoms with Gasteiger partial charge in [0.15, 0.2) is 0 Å². The molecule has 1 aromatic rings. The molecular formula is C17H24N2O7Se. The molecule has 4 atom stereocenters. The second-order valence-corrected chi connectivity index (χ2v) is 7.99. The number of amides is 1. The Bertz CT molecular complexity index is 678. The molecule has 10 heteroatoms. The number of carbonyl (C=O) groups excluding carboxylic acids is 3. The van der Waals surface area contributed by atoms with Gasteiger partial charge < -0.3 is 0 Å². The number of aromatic nitrogens is 1.